The van der Waals surface area contributed by atoms with Crippen molar-refractivity contribution in [2.75, 3.05) is 32.7 Å². The van der Waals surface area contributed by atoms with Gasteiger partial charge in [-0.2, -0.15) is 5.10 Å². The summed E-state index contributed by atoms with van der Waals surface area (Å²) in [6.07, 6.45) is 7.46. The Balaban J connectivity index is 1.15. The number of piperidine rings is 1. The average Bonchev–Trinajstić information content (AvgIpc) is 3.67. The second-order valence-corrected chi connectivity index (χ2v) is 14.0. The minimum Gasteiger partial charge on any atom is -0.480 e. The van der Waals surface area contributed by atoms with Gasteiger partial charge in [-0.3, -0.25) is 14.4 Å². The van der Waals surface area contributed by atoms with E-state index >= 15 is 0 Å². The molecule has 0 bridgehead atoms. The van der Waals surface area contributed by atoms with E-state index in [4.69, 9.17) is 5.10 Å². The number of carboxylic acids is 1. The number of hydrogen-bond acceptors (Lipinski definition) is 4. The lowest BCUT2D eigenvalue weighted by Crippen LogP contribution is -2.57. The Hall–Kier alpha value is -3.17. The van der Waals surface area contributed by atoms with Crippen LogP contribution in [0, 0.1) is 29.3 Å². The summed E-state index contributed by atoms with van der Waals surface area (Å²) < 4.78 is 44.2. The smallest absolute Gasteiger partial charge is 0.324 e. The SMILES string of the molecule is CCn1nc(Cc2ccc(F)cc2F)cc1C1CCN(C[C@H]2CN(C(C)(C(=O)O)C3CCCCC3)C[C@@H]2c2cccc(F)c2)CC1. The zero-order valence-corrected chi connectivity index (χ0v) is 27.1. The maximum Gasteiger partial charge on any atom is 0.324 e. The number of aromatic nitrogens is 2. The summed E-state index contributed by atoms with van der Waals surface area (Å²) in [4.78, 5) is 17.6. The Labute approximate surface area is 270 Å². The molecule has 0 radical (unpaired) electrons. The first kappa shape index (κ1) is 32.8. The van der Waals surface area contributed by atoms with Gasteiger partial charge in [0.05, 0.1) is 5.69 Å². The van der Waals surface area contributed by atoms with E-state index in [9.17, 15) is 23.1 Å². The molecule has 9 heteroatoms. The summed E-state index contributed by atoms with van der Waals surface area (Å²) in [6.45, 7) is 8.68. The molecule has 1 unspecified atom stereocenters. The van der Waals surface area contributed by atoms with Crippen LogP contribution in [0.3, 0.4) is 0 Å². The number of likely N-dealkylation sites (tertiary alicyclic amines) is 2. The molecule has 3 atom stereocenters. The Morgan fingerprint density at radius 2 is 1.70 bits per heavy atom. The molecule has 6 rings (SSSR count). The molecule has 1 N–H and O–H groups in total. The van der Waals surface area contributed by atoms with Crippen molar-refractivity contribution in [3.05, 3.63) is 88.5 Å². The molecule has 3 aliphatic rings. The highest BCUT2D eigenvalue weighted by Crippen LogP contribution is 2.44. The van der Waals surface area contributed by atoms with Crippen molar-refractivity contribution in [1.29, 1.82) is 0 Å². The third kappa shape index (κ3) is 6.77. The van der Waals surface area contributed by atoms with Gasteiger partial charge < -0.3 is 10.0 Å². The fourth-order valence-electron chi connectivity index (χ4n) is 8.54. The molecule has 1 saturated carbocycles. The Kier molecular flexibility index (Phi) is 9.90. The molecule has 0 amide bonds. The zero-order valence-electron chi connectivity index (χ0n) is 27.1. The average molecular weight is 637 g/mol. The van der Waals surface area contributed by atoms with E-state index in [1.54, 1.807) is 12.1 Å². The van der Waals surface area contributed by atoms with E-state index in [1.807, 2.05) is 17.7 Å². The van der Waals surface area contributed by atoms with Crippen LogP contribution in [0.2, 0.25) is 0 Å². The van der Waals surface area contributed by atoms with E-state index in [0.717, 1.165) is 87.7 Å². The van der Waals surface area contributed by atoms with Gasteiger partial charge in [0.15, 0.2) is 0 Å². The third-order valence-electron chi connectivity index (χ3n) is 11.3. The summed E-state index contributed by atoms with van der Waals surface area (Å²) in [7, 11) is 0. The van der Waals surface area contributed by atoms with Crippen LogP contribution in [-0.2, 0) is 17.8 Å². The van der Waals surface area contributed by atoms with Crippen LogP contribution in [0.25, 0.3) is 0 Å². The number of benzene rings is 2. The molecule has 3 fully saturated rings. The number of rotatable bonds is 10. The number of hydrogen-bond donors (Lipinski definition) is 1. The molecular formula is C37H47F3N4O2. The summed E-state index contributed by atoms with van der Waals surface area (Å²) in [5, 5.41) is 15.3. The lowest BCUT2D eigenvalue weighted by Gasteiger charge is -2.43. The topological polar surface area (TPSA) is 61.6 Å². The molecule has 1 aromatic heterocycles. The van der Waals surface area contributed by atoms with Crippen LogP contribution in [0.15, 0.2) is 48.5 Å². The largest absolute Gasteiger partial charge is 0.480 e. The maximum atomic E-state index is 14.4. The lowest BCUT2D eigenvalue weighted by atomic mass is 9.74. The lowest BCUT2D eigenvalue weighted by molar-refractivity contribution is -0.155. The summed E-state index contributed by atoms with van der Waals surface area (Å²) in [6, 6.07) is 12.6. The first-order chi connectivity index (χ1) is 22.1. The molecule has 0 spiro atoms. The number of aryl methyl sites for hydroxylation is 1. The first-order valence-electron chi connectivity index (χ1n) is 17.1. The minimum absolute atomic E-state index is 0.0617. The highest BCUT2D eigenvalue weighted by molar-refractivity contribution is 5.79. The molecular weight excluding hydrogens is 589 g/mol. The van der Waals surface area contributed by atoms with Gasteiger partial charge in [0.2, 0.25) is 0 Å². The molecule has 6 nitrogen and oxygen atoms in total. The Morgan fingerprint density at radius 1 is 0.957 bits per heavy atom. The zero-order chi connectivity index (χ0) is 32.4. The van der Waals surface area contributed by atoms with E-state index in [1.165, 1.54) is 24.6 Å². The fraction of sp³-hybridized carbons (Fsp3) is 0.568. The van der Waals surface area contributed by atoms with Crippen molar-refractivity contribution in [2.24, 2.45) is 11.8 Å². The van der Waals surface area contributed by atoms with Crippen LogP contribution in [0.4, 0.5) is 13.2 Å². The third-order valence-corrected chi connectivity index (χ3v) is 11.3. The summed E-state index contributed by atoms with van der Waals surface area (Å²) in [5.41, 5.74) is 2.41. The van der Waals surface area contributed by atoms with Gasteiger partial charge in [-0.25, -0.2) is 13.2 Å². The number of halogens is 3. The standard InChI is InChI=1S/C37H47F3N4O2/c1-3-44-35(21-32(41-44)19-27-12-13-31(39)20-34(27)40)25-14-16-42(17-15-25)22-28-23-43(24-33(28)26-8-7-11-30(38)18-26)37(2,36(45)46)29-9-5-4-6-10-29/h7-8,11-13,18,20-21,25,28-29,33H,3-6,9-10,14-17,19,22-24H2,1-2H3,(H,45,46)/t28-,33+,37?/m0/s1. The van der Waals surface area contributed by atoms with Crippen molar-refractivity contribution in [2.45, 2.75) is 89.1 Å². The van der Waals surface area contributed by atoms with Gasteiger partial charge in [-0.05, 0) is 99.8 Å². The molecule has 3 heterocycles. The molecule has 2 saturated heterocycles. The minimum atomic E-state index is -0.930. The molecule has 46 heavy (non-hydrogen) atoms. The molecule has 1 aliphatic carbocycles. The second-order valence-electron chi connectivity index (χ2n) is 14.0. The molecule has 248 valence electrons. The maximum absolute atomic E-state index is 14.4. The van der Waals surface area contributed by atoms with E-state index in [0.29, 0.717) is 31.0 Å². The van der Waals surface area contributed by atoms with Gasteiger partial charge in [0, 0.05) is 56.2 Å². The van der Waals surface area contributed by atoms with Crippen LogP contribution in [0.1, 0.15) is 93.1 Å². The van der Waals surface area contributed by atoms with Crippen LogP contribution in [-0.4, -0.2) is 68.9 Å². The number of carboxylic acid groups (broad SMARTS) is 1. The summed E-state index contributed by atoms with van der Waals surface area (Å²) in [5.74, 6) is -1.42. The predicted molar refractivity (Wildman–Crippen MR) is 172 cm³/mol. The van der Waals surface area contributed by atoms with Crippen LogP contribution in [0.5, 0.6) is 0 Å². The molecule has 2 aromatic carbocycles. The van der Waals surface area contributed by atoms with Crippen molar-refractivity contribution in [3.8, 4) is 0 Å². The van der Waals surface area contributed by atoms with Crippen molar-refractivity contribution in [3.63, 3.8) is 0 Å². The van der Waals surface area contributed by atoms with Gasteiger partial charge in [-0.15, -0.1) is 0 Å². The monoisotopic (exact) mass is 636 g/mol. The van der Waals surface area contributed by atoms with Crippen molar-refractivity contribution in [1.82, 2.24) is 19.6 Å². The quantitative estimate of drug-likeness (QED) is 0.255. The first-order valence-corrected chi connectivity index (χ1v) is 17.1. The Morgan fingerprint density at radius 3 is 2.37 bits per heavy atom. The van der Waals surface area contributed by atoms with Crippen LogP contribution < -0.4 is 0 Å². The van der Waals surface area contributed by atoms with E-state index in [2.05, 4.69) is 22.8 Å². The highest BCUT2D eigenvalue weighted by atomic mass is 19.1. The second kappa shape index (κ2) is 13.9. The number of aliphatic carboxylic acids is 1. The number of carbonyl (C=O) groups is 1. The normalized spacial score (nSPS) is 23.5. The molecule has 3 aromatic rings. The van der Waals surface area contributed by atoms with Crippen molar-refractivity contribution < 1.29 is 23.1 Å². The Bertz CT molecular complexity index is 1510. The fourth-order valence-corrected chi connectivity index (χ4v) is 8.54. The van der Waals surface area contributed by atoms with Crippen LogP contribution >= 0.6 is 0 Å². The highest BCUT2D eigenvalue weighted by Gasteiger charge is 2.51. The molecule has 2 aliphatic heterocycles. The van der Waals surface area contributed by atoms with Gasteiger partial charge in [0.1, 0.15) is 23.0 Å². The van der Waals surface area contributed by atoms with Gasteiger partial charge >= 0.3 is 5.97 Å². The summed E-state index contributed by atoms with van der Waals surface area (Å²) >= 11 is 0. The van der Waals surface area contributed by atoms with Gasteiger partial charge in [0.25, 0.3) is 0 Å². The van der Waals surface area contributed by atoms with E-state index in [-0.39, 0.29) is 23.6 Å². The van der Waals surface area contributed by atoms with Crippen molar-refractivity contribution >= 4 is 5.97 Å². The van der Waals surface area contributed by atoms with E-state index < -0.39 is 23.1 Å². The van der Waals surface area contributed by atoms with Gasteiger partial charge in [-0.1, -0.05) is 37.5 Å². The predicted octanol–water partition coefficient (Wildman–Crippen LogP) is 7.23. The number of nitrogens with zero attached hydrogens (tertiary/aromatic N) is 4.